The van der Waals surface area contributed by atoms with Crippen molar-refractivity contribution < 1.29 is 52.1 Å². The van der Waals surface area contributed by atoms with Crippen LogP contribution in [0, 0.1) is 6.92 Å². The van der Waals surface area contributed by atoms with E-state index in [1.54, 1.807) is 6.92 Å². The van der Waals surface area contributed by atoms with Crippen molar-refractivity contribution in [3.63, 3.8) is 0 Å². The monoisotopic (exact) mass is 264 g/mol. The second-order valence-electron chi connectivity index (χ2n) is 3.03. The molecule has 0 amide bonds. The minimum Gasteiger partial charge on any atom is -0.744 e. The van der Waals surface area contributed by atoms with Crippen LogP contribution in [0.3, 0.4) is 0 Å². The predicted octanol–water partition coefficient (Wildman–Crippen LogP) is -2.01. The van der Waals surface area contributed by atoms with E-state index in [1.165, 1.54) is 12.1 Å². The van der Waals surface area contributed by atoms with Crippen molar-refractivity contribution in [3.05, 3.63) is 36.4 Å². The summed E-state index contributed by atoms with van der Waals surface area (Å²) >= 11 is 0. The normalized spacial score (nSPS) is 10.2. The number of hydrogen-bond acceptors (Lipinski definition) is 5. The number of carbonyl (C=O) groups is 1. The summed E-state index contributed by atoms with van der Waals surface area (Å²) in [5, 5.41) is 0. The van der Waals surface area contributed by atoms with E-state index >= 15 is 0 Å². The van der Waals surface area contributed by atoms with Crippen molar-refractivity contribution >= 4 is 16.1 Å². The van der Waals surface area contributed by atoms with Crippen LogP contribution in [0.2, 0.25) is 0 Å². The van der Waals surface area contributed by atoms with Gasteiger partial charge in [-0.2, -0.15) is 0 Å². The van der Waals surface area contributed by atoms with Gasteiger partial charge in [0, 0.05) is 6.08 Å². The van der Waals surface area contributed by atoms with Crippen LogP contribution < -0.4 is 34.3 Å². The number of benzene rings is 1. The summed E-state index contributed by atoms with van der Waals surface area (Å²) in [4.78, 5) is 10.4. The van der Waals surface area contributed by atoms with Crippen LogP contribution in [0.4, 0.5) is 0 Å². The summed E-state index contributed by atoms with van der Waals surface area (Å²) in [5.74, 6) is -1.10. The maximum Gasteiger partial charge on any atom is 1.00 e. The largest absolute Gasteiger partial charge is 1.00 e. The third-order valence-electron chi connectivity index (χ3n) is 1.75. The summed E-state index contributed by atoms with van der Waals surface area (Å²) in [7, 11) is -4.67. The average molecular weight is 264 g/mol. The molecule has 17 heavy (non-hydrogen) atoms. The van der Waals surface area contributed by atoms with Gasteiger partial charge in [0.1, 0.15) is 15.9 Å². The number of hydrogen-bond donors (Lipinski definition) is 0. The topological polar surface area (TPSA) is 83.5 Å². The Kier molecular flexibility index (Phi) is 6.08. The number of rotatable bonds is 3. The van der Waals surface area contributed by atoms with Gasteiger partial charge in [-0.05, 0) is 24.6 Å². The van der Waals surface area contributed by atoms with Crippen molar-refractivity contribution in [3.8, 4) is 5.75 Å². The van der Waals surface area contributed by atoms with E-state index in [4.69, 9.17) is 0 Å². The summed E-state index contributed by atoms with van der Waals surface area (Å²) < 4.78 is 37.3. The molecule has 0 radical (unpaired) electrons. The molecular weight excluding hydrogens is 255 g/mol. The molecule has 5 nitrogen and oxygen atoms in total. The van der Waals surface area contributed by atoms with E-state index < -0.39 is 21.0 Å². The van der Waals surface area contributed by atoms with Crippen LogP contribution in [-0.2, 0) is 14.9 Å². The molecule has 0 aromatic heterocycles. The second-order valence-corrected chi connectivity index (χ2v) is 4.38. The van der Waals surface area contributed by atoms with Gasteiger partial charge >= 0.3 is 35.5 Å². The Balaban J connectivity index is 0.00000256. The average Bonchev–Trinajstić information content (AvgIpc) is 2.15. The fourth-order valence-corrected chi connectivity index (χ4v) is 1.63. The molecule has 0 aliphatic heterocycles. The molecular formula is C10H9NaO5S. The van der Waals surface area contributed by atoms with E-state index in [2.05, 4.69) is 11.3 Å². The van der Waals surface area contributed by atoms with E-state index in [0.717, 1.165) is 12.1 Å². The summed E-state index contributed by atoms with van der Waals surface area (Å²) in [5.41, 5.74) is 0.666. The Morgan fingerprint density at radius 2 is 2.06 bits per heavy atom. The second kappa shape index (κ2) is 6.32. The van der Waals surface area contributed by atoms with Crippen LogP contribution in [0.5, 0.6) is 5.75 Å². The zero-order valence-corrected chi connectivity index (χ0v) is 12.3. The molecule has 0 N–H and O–H groups in total. The van der Waals surface area contributed by atoms with E-state index in [-0.39, 0.29) is 35.3 Å². The van der Waals surface area contributed by atoms with E-state index in [9.17, 15) is 17.8 Å². The number of carbonyl (C=O) groups excluding carboxylic acids is 1. The summed E-state index contributed by atoms with van der Waals surface area (Å²) in [6, 6.07) is 3.84. The third-order valence-corrected chi connectivity index (χ3v) is 2.62. The van der Waals surface area contributed by atoms with Gasteiger partial charge in [0.05, 0.1) is 4.90 Å². The Morgan fingerprint density at radius 3 is 2.53 bits per heavy atom. The molecule has 0 unspecified atom stereocenters. The maximum absolute atomic E-state index is 10.9. The molecule has 0 heterocycles. The van der Waals surface area contributed by atoms with Gasteiger partial charge in [0.25, 0.3) is 0 Å². The Hall–Kier alpha value is -0.660. The van der Waals surface area contributed by atoms with Gasteiger partial charge in [0.2, 0.25) is 0 Å². The Bertz CT molecular complexity index is 536. The molecule has 0 spiro atoms. The van der Waals surface area contributed by atoms with Gasteiger partial charge in [-0.15, -0.1) is 0 Å². The van der Waals surface area contributed by atoms with Crippen molar-refractivity contribution in [2.45, 2.75) is 11.8 Å². The standard InChI is InChI=1S/C10H10O5S.Na/c1-3-10(11)15-8-6-7(2)4-5-9(8)16(12,13)14;/h3-6H,1H2,2H3,(H,12,13,14);/q;+1/p-1. The molecule has 86 valence electrons. The molecule has 1 aromatic rings. The van der Waals surface area contributed by atoms with Gasteiger partial charge in [0.15, 0.2) is 0 Å². The molecule has 0 saturated heterocycles. The third kappa shape index (κ3) is 4.61. The molecule has 7 heteroatoms. The first kappa shape index (κ1) is 16.3. The SMILES string of the molecule is C=CC(=O)Oc1cc(C)ccc1S(=O)(=O)[O-].[Na+]. The fourth-order valence-electron chi connectivity index (χ4n) is 1.05. The molecule has 0 saturated carbocycles. The fraction of sp³-hybridized carbons (Fsp3) is 0.100. The minimum atomic E-state index is -4.67. The van der Waals surface area contributed by atoms with Crippen LogP contribution in [0.1, 0.15) is 5.56 Å². The van der Waals surface area contributed by atoms with Crippen molar-refractivity contribution in [2.75, 3.05) is 0 Å². The molecule has 0 atom stereocenters. The van der Waals surface area contributed by atoms with Crippen LogP contribution in [-0.4, -0.2) is 18.9 Å². The summed E-state index contributed by atoms with van der Waals surface area (Å²) in [6.07, 6.45) is 0.879. The van der Waals surface area contributed by atoms with Crippen LogP contribution in [0.15, 0.2) is 35.7 Å². The van der Waals surface area contributed by atoms with Crippen molar-refractivity contribution in [1.82, 2.24) is 0 Å². The zero-order chi connectivity index (χ0) is 12.3. The molecule has 1 rings (SSSR count). The molecule has 0 fully saturated rings. The molecule has 0 aliphatic carbocycles. The Labute approximate surface area is 122 Å². The van der Waals surface area contributed by atoms with Crippen molar-refractivity contribution in [2.24, 2.45) is 0 Å². The smallest absolute Gasteiger partial charge is 0.744 e. The Morgan fingerprint density at radius 1 is 1.47 bits per heavy atom. The first-order valence-corrected chi connectivity index (χ1v) is 5.66. The first-order valence-electron chi connectivity index (χ1n) is 4.25. The zero-order valence-electron chi connectivity index (χ0n) is 9.47. The van der Waals surface area contributed by atoms with Crippen LogP contribution >= 0.6 is 0 Å². The molecule has 1 aromatic carbocycles. The van der Waals surface area contributed by atoms with Gasteiger partial charge in [-0.25, -0.2) is 13.2 Å². The van der Waals surface area contributed by atoms with E-state index in [1.807, 2.05) is 0 Å². The molecule has 0 bridgehead atoms. The predicted molar refractivity (Wildman–Crippen MR) is 55.0 cm³/mol. The maximum atomic E-state index is 10.9. The van der Waals surface area contributed by atoms with Crippen LogP contribution in [0.25, 0.3) is 0 Å². The number of aryl methyl sites for hydroxylation is 1. The van der Waals surface area contributed by atoms with E-state index in [0.29, 0.717) is 5.56 Å². The molecule has 0 aliphatic rings. The van der Waals surface area contributed by atoms with Crippen molar-refractivity contribution in [1.29, 1.82) is 0 Å². The minimum absolute atomic E-state index is 0. The quantitative estimate of drug-likeness (QED) is 0.207. The first-order chi connectivity index (χ1) is 7.34. The van der Waals surface area contributed by atoms with Gasteiger partial charge in [-0.3, -0.25) is 0 Å². The van der Waals surface area contributed by atoms with Gasteiger partial charge < -0.3 is 9.29 Å². The number of ether oxygens (including phenoxy) is 1. The number of esters is 1. The van der Waals surface area contributed by atoms with Gasteiger partial charge in [-0.1, -0.05) is 12.6 Å². The summed E-state index contributed by atoms with van der Waals surface area (Å²) in [6.45, 7) is 4.84.